The molecule has 3 amide bonds. The quantitative estimate of drug-likeness (QED) is 0.700. The number of nitrogens with zero attached hydrogens (tertiary/aromatic N) is 1. The monoisotopic (exact) mass is 435 g/mol. The smallest absolute Gasteiger partial charge is 0.253 e. The van der Waals surface area contributed by atoms with Gasteiger partial charge in [-0.05, 0) is 55.4 Å². The fourth-order valence-electron chi connectivity index (χ4n) is 4.06. The Morgan fingerprint density at radius 2 is 1.59 bits per heavy atom. The van der Waals surface area contributed by atoms with Crippen molar-refractivity contribution in [3.63, 3.8) is 0 Å². The van der Waals surface area contributed by atoms with Gasteiger partial charge in [-0.2, -0.15) is 0 Å². The van der Waals surface area contributed by atoms with Crippen molar-refractivity contribution in [2.24, 2.45) is 11.8 Å². The molecule has 0 spiro atoms. The summed E-state index contributed by atoms with van der Waals surface area (Å²) >= 11 is 0. The second kappa shape index (κ2) is 10.9. The Morgan fingerprint density at radius 3 is 2.22 bits per heavy atom. The molecular formula is C26H33N3O3. The van der Waals surface area contributed by atoms with Gasteiger partial charge < -0.3 is 15.5 Å². The Balaban J connectivity index is 1.69. The first-order valence-electron chi connectivity index (χ1n) is 11.4. The van der Waals surface area contributed by atoms with Crippen LogP contribution in [0.2, 0.25) is 0 Å². The number of aryl methyl sites for hydroxylation is 1. The highest BCUT2D eigenvalue weighted by atomic mass is 16.2. The van der Waals surface area contributed by atoms with Crippen LogP contribution in [0.15, 0.2) is 54.6 Å². The summed E-state index contributed by atoms with van der Waals surface area (Å²) < 4.78 is 0. The van der Waals surface area contributed by atoms with Crippen molar-refractivity contribution < 1.29 is 14.4 Å². The Hall–Kier alpha value is -3.15. The first-order valence-corrected chi connectivity index (χ1v) is 11.4. The largest absolute Gasteiger partial charge is 0.354 e. The second-order valence-corrected chi connectivity index (χ2v) is 8.90. The van der Waals surface area contributed by atoms with Gasteiger partial charge >= 0.3 is 0 Å². The number of hydrogen-bond donors (Lipinski definition) is 2. The van der Waals surface area contributed by atoms with Crippen LogP contribution in [0.25, 0.3) is 0 Å². The molecule has 6 nitrogen and oxygen atoms in total. The first-order chi connectivity index (χ1) is 15.4. The topological polar surface area (TPSA) is 78.5 Å². The molecule has 0 aliphatic carbocycles. The van der Waals surface area contributed by atoms with E-state index in [4.69, 9.17) is 0 Å². The molecule has 2 aromatic rings. The van der Waals surface area contributed by atoms with Gasteiger partial charge in [0.05, 0.1) is 0 Å². The number of nitrogens with one attached hydrogen (secondary N) is 2. The molecule has 0 saturated carbocycles. The molecule has 1 heterocycles. The zero-order valence-electron chi connectivity index (χ0n) is 19.1. The maximum absolute atomic E-state index is 13.0. The second-order valence-electron chi connectivity index (χ2n) is 8.90. The van der Waals surface area contributed by atoms with Crippen LogP contribution < -0.4 is 10.6 Å². The number of benzene rings is 2. The van der Waals surface area contributed by atoms with E-state index in [-0.39, 0.29) is 23.6 Å². The van der Waals surface area contributed by atoms with Gasteiger partial charge in [-0.1, -0.05) is 50.2 Å². The summed E-state index contributed by atoms with van der Waals surface area (Å²) in [5, 5.41) is 5.97. The molecule has 0 aromatic heterocycles. The third kappa shape index (κ3) is 5.96. The van der Waals surface area contributed by atoms with Crippen LogP contribution in [0.4, 0.5) is 0 Å². The molecule has 0 radical (unpaired) electrons. The highest BCUT2D eigenvalue weighted by Gasteiger charge is 2.34. The molecule has 6 heteroatoms. The summed E-state index contributed by atoms with van der Waals surface area (Å²) in [7, 11) is 0. The highest BCUT2D eigenvalue weighted by Crippen LogP contribution is 2.23. The molecule has 2 N–H and O–H groups in total. The average molecular weight is 436 g/mol. The minimum atomic E-state index is -0.630. The van der Waals surface area contributed by atoms with Crippen LogP contribution in [-0.2, 0) is 4.79 Å². The number of likely N-dealkylation sites (tertiary alicyclic amines) is 1. The molecule has 1 aliphatic heterocycles. The Bertz CT molecular complexity index is 934. The first kappa shape index (κ1) is 23.5. The summed E-state index contributed by atoms with van der Waals surface area (Å²) in [5.74, 6) is -0.107. The highest BCUT2D eigenvalue weighted by molar-refractivity contribution is 5.98. The van der Waals surface area contributed by atoms with Crippen LogP contribution in [-0.4, -0.2) is 48.3 Å². The van der Waals surface area contributed by atoms with Gasteiger partial charge in [-0.25, -0.2) is 0 Å². The Labute approximate surface area is 190 Å². The summed E-state index contributed by atoms with van der Waals surface area (Å²) in [6, 6.07) is 16.0. The van der Waals surface area contributed by atoms with Crippen LogP contribution in [0.3, 0.4) is 0 Å². The van der Waals surface area contributed by atoms with Crippen molar-refractivity contribution >= 4 is 17.7 Å². The predicted octanol–water partition coefficient (Wildman–Crippen LogP) is 3.42. The molecule has 170 valence electrons. The number of hydrogen-bond acceptors (Lipinski definition) is 3. The van der Waals surface area contributed by atoms with Crippen LogP contribution >= 0.6 is 0 Å². The van der Waals surface area contributed by atoms with E-state index < -0.39 is 6.04 Å². The summed E-state index contributed by atoms with van der Waals surface area (Å²) in [6.45, 7) is 7.64. The van der Waals surface area contributed by atoms with E-state index in [2.05, 4.69) is 10.6 Å². The van der Waals surface area contributed by atoms with E-state index in [0.29, 0.717) is 49.5 Å². The standard InChI is InChI=1S/C26H33N3O3/c1-18(2)17-27-25(31)23(28-24(30)22-12-8-7-9-19(22)3)20-13-15-29(16-14-20)26(32)21-10-5-4-6-11-21/h4-12,18,20,23H,13-17H2,1-3H3,(H,27,31)(H,28,30)/t23-/m1/s1. The van der Waals surface area contributed by atoms with E-state index in [9.17, 15) is 14.4 Å². The Kier molecular flexibility index (Phi) is 8.03. The van der Waals surface area contributed by atoms with Gasteiger partial charge in [0, 0.05) is 30.8 Å². The number of piperidine rings is 1. The van der Waals surface area contributed by atoms with Crippen LogP contribution in [0.5, 0.6) is 0 Å². The third-order valence-electron chi connectivity index (χ3n) is 5.96. The lowest BCUT2D eigenvalue weighted by molar-refractivity contribution is -0.124. The number of rotatable bonds is 7. The van der Waals surface area contributed by atoms with Gasteiger partial charge in [-0.3, -0.25) is 14.4 Å². The molecule has 1 fully saturated rings. The van der Waals surface area contributed by atoms with Crippen LogP contribution in [0.1, 0.15) is 53.0 Å². The molecule has 0 unspecified atom stereocenters. The van der Waals surface area contributed by atoms with E-state index in [1.54, 1.807) is 6.07 Å². The van der Waals surface area contributed by atoms with Crippen LogP contribution in [0, 0.1) is 18.8 Å². The van der Waals surface area contributed by atoms with Gasteiger partial charge in [0.1, 0.15) is 6.04 Å². The van der Waals surface area contributed by atoms with E-state index >= 15 is 0 Å². The maximum atomic E-state index is 13.0. The van der Waals surface area contributed by atoms with Crippen molar-refractivity contribution in [3.05, 3.63) is 71.3 Å². The summed E-state index contributed by atoms with van der Waals surface area (Å²) in [4.78, 5) is 40.6. The van der Waals surface area contributed by atoms with Gasteiger partial charge in [0.15, 0.2) is 0 Å². The molecular weight excluding hydrogens is 402 g/mol. The zero-order chi connectivity index (χ0) is 23.1. The lowest BCUT2D eigenvalue weighted by Crippen LogP contribution is -2.54. The van der Waals surface area contributed by atoms with E-state index in [1.807, 2.05) is 74.2 Å². The number of carbonyl (C=O) groups excluding carboxylic acids is 3. The zero-order valence-corrected chi connectivity index (χ0v) is 19.1. The number of carbonyl (C=O) groups is 3. The van der Waals surface area contributed by atoms with Gasteiger partial charge in [-0.15, -0.1) is 0 Å². The molecule has 2 aromatic carbocycles. The SMILES string of the molecule is Cc1ccccc1C(=O)N[C@@H](C(=O)NCC(C)C)C1CCN(C(=O)c2ccccc2)CC1. The average Bonchev–Trinajstić information content (AvgIpc) is 2.81. The van der Waals surface area contributed by atoms with Crippen molar-refractivity contribution in [2.75, 3.05) is 19.6 Å². The molecule has 1 aliphatic rings. The third-order valence-corrected chi connectivity index (χ3v) is 5.96. The fraction of sp³-hybridized carbons (Fsp3) is 0.423. The van der Waals surface area contributed by atoms with Crippen molar-refractivity contribution in [1.82, 2.24) is 15.5 Å². The normalized spacial score (nSPS) is 15.3. The number of amides is 3. The Morgan fingerprint density at radius 1 is 0.969 bits per heavy atom. The van der Waals surface area contributed by atoms with E-state index in [1.165, 1.54) is 0 Å². The minimum Gasteiger partial charge on any atom is -0.354 e. The van der Waals surface area contributed by atoms with Gasteiger partial charge in [0.2, 0.25) is 5.91 Å². The van der Waals surface area contributed by atoms with E-state index in [0.717, 1.165) is 5.56 Å². The lowest BCUT2D eigenvalue weighted by Gasteiger charge is -2.36. The predicted molar refractivity (Wildman–Crippen MR) is 125 cm³/mol. The maximum Gasteiger partial charge on any atom is 0.253 e. The minimum absolute atomic E-state index is 0.00815. The summed E-state index contributed by atoms with van der Waals surface area (Å²) in [6.07, 6.45) is 1.32. The molecule has 32 heavy (non-hydrogen) atoms. The molecule has 1 atom stereocenters. The van der Waals surface area contributed by atoms with Gasteiger partial charge in [0.25, 0.3) is 11.8 Å². The van der Waals surface area contributed by atoms with Crippen molar-refractivity contribution in [2.45, 2.75) is 39.7 Å². The molecule has 3 rings (SSSR count). The fourth-order valence-corrected chi connectivity index (χ4v) is 4.06. The molecule has 0 bridgehead atoms. The lowest BCUT2D eigenvalue weighted by atomic mass is 9.88. The summed E-state index contributed by atoms with van der Waals surface area (Å²) in [5.41, 5.74) is 2.12. The molecule has 1 saturated heterocycles. The van der Waals surface area contributed by atoms with Crippen molar-refractivity contribution in [3.8, 4) is 0 Å². The van der Waals surface area contributed by atoms with Crippen molar-refractivity contribution in [1.29, 1.82) is 0 Å².